The smallest absolute Gasteiger partial charge is 0.138 e. The van der Waals surface area contributed by atoms with E-state index in [2.05, 4.69) is 35.5 Å². The van der Waals surface area contributed by atoms with Gasteiger partial charge in [-0.15, -0.1) is 0 Å². The Hall–Kier alpha value is -1.62. The van der Waals surface area contributed by atoms with Gasteiger partial charge in [0.1, 0.15) is 11.6 Å². The highest BCUT2D eigenvalue weighted by Gasteiger charge is 2.24. The fraction of sp³-hybridized carbons (Fsp3) is 0.625. The van der Waals surface area contributed by atoms with E-state index < -0.39 is 0 Å². The Labute approximate surface area is 125 Å². The molecule has 2 aromatic heterocycles. The van der Waals surface area contributed by atoms with Crippen molar-refractivity contribution in [2.24, 2.45) is 7.05 Å². The van der Waals surface area contributed by atoms with E-state index in [-0.39, 0.29) is 0 Å². The molecule has 2 aromatic rings. The minimum atomic E-state index is 0.469. The molecular weight excluding hydrogens is 264 g/mol. The standard InChI is InChI=1S/C16H24N4O/c1-10(2)16-17-14-9-20(7-6-15(14)19(16)5)8-13-11(3)18-21-12(13)4/h10H,6-9H2,1-5H3. The largest absolute Gasteiger partial charge is 0.361 e. The molecule has 3 rings (SSSR count). The monoisotopic (exact) mass is 288 g/mol. The first kappa shape index (κ1) is 14.3. The van der Waals surface area contributed by atoms with Crippen LogP contribution < -0.4 is 0 Å². The number of aromatic nitrogens is 3. The molecule has 0 atom stereocenters. The average Bonchev–Trinajstić information content (AvgIpc) is 2.93. The number of fused-ring (bicyclic) bond motifs is 1. The molecular formula is C16H24N4O. The first-order chi connectivity index (χ1) is 9.97. The van der Waals surface area contributed by atoms with E-state index >= 15 is 0 Å². The third-order valence-electron chi connectivity index (χ3n) is 4.45. The van der Waals surface area contributed by atoms with Crippen molar-refractivity contribution in [3.63, 3.8) is 0 Å². The molecule has 21 heavy (non-hydrogen) atoms. The maximum atomic E-state index is 5.26. The second-order valence-corrected chi connectivity index (χ2v) is 6.34. The van der Waals surface area contributed by atoms with E-state index in [0.29, 0.717) is 5.92 Å². The van der Waals surface area contributed by atoms with Gasteiger partial charge in [0.25, 0.3) is 0 Å². The molecule has 0 amide bonds. The number of hydrogen-bond donors (Lipinski definition) is 0. The molecule has 0 unspecified atom stereocenters. The van der Waals surface area contributed by atoms with Crippen molar-refractivity contribution >= 4 is 0 Å². The van der Waals surface area contributed by atoms with Crippen molar-refractivity contribution in [1.82, 2.24) is 19.6 Å². The Kier molecular flexibility index (Phi) is 3.61. The van der Waals surface area contributed by atoms with Gasteiger partial charge in [0.15, 0.2) is 0 Å². The van der Waals surface area contributed by atoms with Crippen LogP contribution in [0.5, 0.6) is 0 Å². The summed E-state index contributed by atoms with van der Waals surface area (Å²) in [5, 5.41) is 4.05. The van der Waals surface area contributed by atoms with Crippen molar-refractivity contribution in [2.45, 2.75) is 53.1 Å². The molecule has 5 heteroatoms. The Balaban J connectivity index is 1.80. The van der Waals surface area contributed by atoms with E-state index in [9.17, 15) is 0 Å². The van der Waals surface area contributed by atoms with Crippen LogP contribution >= 0.6 is 0 Å². The summed E-state index contributed by atoms with van der Waals surface area (Å²) in [5.41, 5.74) is 4.86. The summed E-state index contributed by atoms with van der Waals surface area (Å²) in [6.45, 7) is 11.3. The van der Waals surface area contributed by atoms with E-state index in [1.165, 1.54) is 22.8 Å². The lowest BCUT2D eigenvalue weighted by atomic mass is 10.1. The summed E-state index contributed by atoms with van der Waals surface area (Å²) in [6.07, 6.45) is 1.06. The summed E-state index contributed by atoms with van der Waals surface area (Å²) in [6, 6.07) is 0. The normalized spacial score (nSPS) is 15.7. The van der Waals surface area contributed by atoms with Gasteiger partial charge >= 0.3 is 0 Å². The highest BCUT2D eigenvalue weighted by Crippen LogP contribution is 2.25. The number of rotatable bonds is 3. The van der Waals surface area contributed by atoms with Crippen molar-refractivity contribution in [2.75, 3.05) is 6.54 Å². The first-order valence-electron chi connectivity index (χ1n) is 7.65. The average molecular weight is 288 g/mol. The third kappa shape index (κ3) is 2.50. The van der Waals surface area contributed by atoms with Gasteiger partial charge in [-0.05, 0) is 13.8 Å². The molecule has 1 aliphatic heterocycles. The molecule has 0 N–H and O–H groups in total. The maximum absolute atomic E-state index is 5.26. The van der Waals surface area contributed by atoms with Crippen molar-refractivity contribution in [3.8, 4) is 0 Å². The molecule has 0 saturated carbocycles. The predicted octanol–water partition coefficient (Wildman–Crippen LogP) is 2.71. The summed E-state index contributed by atoms with van der Waals surface area (Å²) < 4.78 is 7.55. The van der Waals surface area contributed by atoms with Gasteiger partial charge in [0, 0.05) is 50.3 Å². The lowest BCUT2D eigenvalue weighted by molar-refractivity contribution is 0.238. The lowest BCUT2D eigenvalue weighted by Crippen LogP contribution is -2.31. The number of aryl methyl sites for hydroxylation is 2. The van der Waals surface area contributed by atoms with Crippen LogP contribution in [-0.2, 0) is 26.6 Å². The Bertz CT molecular complexity index is 634. The molecule has 5 nitrogen and oxygen atoms in total. The number of imidazole rings is 1. The van der Waals surface area contributed by atoms with E-state index in [1.807, 2.05) is 13.8 Å². The fourth-order valence-electron chi connectivity index (χ4n) is 3.21. The first-order valence-corrected chi connectivity index (χ1v) is 7.65. The summed E-state index contributed by atoms with van der Waals surface area (Å²) in [5.74, 6) is 2.60. The molecule has 0 radical (unpaired) electrons. The second-order valence-electron chi connectivity index (χ2n) is 6.34. The molecule has 3 heterocycles. The Morgan fingerprint density at radius 2 is 2.05 bits per heavy atom. The lowest BCUT2D eigenvalue weighted by Gasteiger charge is -2.26. The van der Waals surface area contributed by atoms with Crippen LogP contribution in [-0.4, -0.2) is 26.2 Å². The highest BCUT2D eigenvalue weighted by molar-refractivity contribution is 5.24. The molecule has 0 saturated heterocycles. The van der Waals surface area contributed by atoms with Gasteiger partial charge in [-0.25, -0.2) is 4.98 Å². The van der Waals surface area contributed by atoms with Gasteiger partial charge in [0.05, 0.1) is 11.4 Å². The molecule has 1 aliphatic rings. The fourth-order valence-corrected chi connectivity index (χ4v) is 3.21. The second kappa shape index (κ2) is 5.30. The van der Waals surface area contributed by atoms with Crippen LogP contribution in [0.2, 0.25) is 0 Å². The third-order valence-corrected chi connectivity index (χ3v) is 4.45. The van der Waals surface area contributed by atoms with Crippen LogP contribution in [0.15, 0.2) is 4.52 Å². The highest BCUT2D eigenvalue weighted by atomic mass is 16.5. The van der Waals surface area contributed by atoms with E-state index in [0.717, 1.165) is 37.5 Å². The van der Waals surface area contributed by atoms with E-state index in [4.69, 9.17) is 9.51 Å². The molecule has 114 valence electrons. The topological polar surface area (TPSA) is 47.1 Å². The zero-order valence-corrected chi connectivity index (χ0v) is 13.6. The summed E-state index contributed by atoms with van der Waals surface area (Å²) in [4.78, 5) is 7.29. The van der Waals surface area contributed by atoms with Gasteiger partial charge < -0.3 is 9.09 Å². The Morgan fingerprint density at radius 3 is 2.67 bits per heavy atom. The number of nitrogens with zero attached hydrogens (tertiary/aromatic N) is 4. The number of hydrogen-bond acceptors (Lipinski definition) is 4. The zero-order valence-electron chi connectivity index (χ0n) is 13.6. The molecule has 0 aliphatic carbocycles. The molecule has 0 bridgehead atoms. The van der Waals surface area contributed by atoms with Gasteiger partial charge in [-0.1, -0.05) is 19.0 Å². The van der Waals surface area contributed by atoms with Crippen LogP contribution in [0.1, 0.15) is 54.0 Å². The van der Waals surface area contributed by atoms with E-state index in [1.54, 1.807) is 0 Å². The minimum absolute atomic E-state index is 0.469. The van der Waals surface area contributed by atoms with Gasteiger partial charge in [-0.2, -0.15) is 0 Å². The predicted molar refractivity (Wildman–Crippen MR) is 81.1 cm³/mol. The molecule has 0 spiro atoms. The maximum Gasteiger partial charge on any atom is 0.138 e. The molecule has 0 aromatic carbocycles. The van der Waals surface area contributed by atoms with Crippen molar-refractivity contribution in [1.29, 1.82) is 0 Å². The van der Waals surface area contributed by atoms with Gasteiger partial charge in [0.2, 0.25) is 0 Å². The van der Waals surface area contributed by atoms with Gasteiger partial charge in [-0.3, -0.25) is 4.90 Å². The van der Waals surface area contributed by atoms with Crippen molar-refractivity contribution in [3.05, 3.63) is 34.2 Å². The summed E-state index contributed by atoms with van der Waals surface area (Å²) >= 11 is 0. The molecule has 0 fully saturated rings. The van der Waals surface area contributed by atoms with Crippen LogP contribution in [0.25, 0.3) is 0 Å². The minimum Gasteiger partial charge on any atom is -0.361 e. The summed E-state index contributed by atoms with van der Waals surface area (Å²) in [7, 11) is 2.14. The van der Waals surface area contributed by atoms with Crippen LogP contribution in [0.4, 0.5) is 0 Å². The quantitative estimate of drug-likeness (QED) is 0.871. The SMILES string of the molecule is Cc1noc(C)c1CN1CCc2c(nc(C(C)C)n2C)C1. The zero-order chi connectivity index (χ0) is 15.1. The van der Waals surface area contributed by atoms with Crippen molar-refractivity contribution < 1.29 is 4.52 Å². The van der Waals surface area contributed by atoms with Crippen LogP contribution in [0, 0.1) is 13.8 Å². The van der Waals surface area contributed by atoms with Crippen LogP contribution in [0.3, 0.4) is 0 Å². The Morgan fingerprint density at radius 1 is 1.29 bits per heavy atom.